The number of benzene rings is 1. The van der Waals surface area contributed by atoms with Gasteiger partial charge in [0, 0.05) is 26.6 Å². The van der Waals surface area contributed by atoms with Crippen LogP contribution in [0.15, 0.2) is 18.2 Å². The number of carbonyl (C=O) groups excluding carboxylic acids is 1. The van der Waals surface area contributed by atoms with E-state index in [-0.39, 0.29) is 23.7 Å². The van der Waals surface area contributed by atoms with Gasteiger partial charge in [0.25, 0.3) is 0 Å². The predicted molar refractivity (Wildman–Crippen MR) is 94.7 cm³/mol. The number of imidazole rings is 1. The summed E-state index contributed by atoms with van der Waals surface area (Å²) in [5.41, 5.74) is 1.53. The Bertz CT molecular complexity index is 756. The minimum Gasteiger partial charge on any atom is -0.377 e. The summed E-state index contributed by atoms with van der Waals surface area (Å²) >= 11 is 0. The number of hydrogen-bond donors (Lipinski definition) is 1. The van der Waals surface area contributed by atoms with Crippen LogP contribution in [0.4, 0.5) is 4.39 Å². The topological polar surface area (TPSA) is 56.1 Å². The summed E-state index contributed by atoms with van der Waals surface area (Å²) in [5, 5.41) is 3.02. The normalized spacial score (nSPS) is 21.0. The summed E-state index contributed by atoms with van der Waals surface area (Å²) in [6.07, 6.45) is 2.41. The summed E-state index contributed by atoms with van der Waals surface area (Å²) in [7, 11) is 1.87. The van der Waals surface area contributed by atoms with Crippen LogP contribution in [-0.2, 0) is 23.0 Å². The first-order valence-corrected chi connectivity index (χ1v) is 8.97. The number of carbonyl (C=O) groups is 1. The third-order valence-corrected chi connectivity index (χ3v) is 4.94. The molecule has 2 atom stereocenters. The lowest BCUT2D eigenvalue weighted by molar-refractivity contribution is -0.137. The van der Waals surface area contributed by atoms with E-state index >= 15 is 0 Å². The number of ether oxygens (including phenoxy) is 1. The van der Waals surface area contributed by atoms with Gasteiger partial charge >= 0.3 is 0 Å². The molecule has 1 amide bonds. The number of aromatic nitrogens is 2. The molecule has 0 bridgehead atoms. The molecule has 1 aliphatic rings. The van der Waals surface area contributed by atoms with Crippen molar-refractivity contribution in [2.75, 3.05) is 13.2 Å². The number of nitrogens with one attached hydrogen (secondary N) is 1. The SMILES string of the molecule is CC(C)[C@@H]1OCCC[C@H]1C(=O)NCCc1nc2ccc(F)cc2n1C. The molecule has 1 saturated heterocycles. The first-order chi connectivity index (χ1) is 12.0. The van der Waals surface area contributed by atoms with Crippen molar-refractivity contribution >= 4 is 16.9 Å². The largest absolute Gasteiger partial charge is 0.377 e. The van der Waals surface area contributed by atoms with E-state index in [2.05, 4.69) is 24.1 Å². The lowest BCUT2D eigenvalue weighted by Gasteiger charge is -2.33. The number of rotatable bonds is 5. The van der Waals surface area contributed by atoms with Gasteiger partial charge in [0.05, 0.1) is 23.1 Å². The average Bonchev–Trinajstić information content (AvgIpc) is 2.90. The molecule has 0 spiro atoms. The summed E-state index contributed by atoms with van der Waals surface area (Å²) in [5.74, 6) is 0.867. The molecule has 1 aliphatic heterocycles. The third kappa shape index (κ3) is 3.84. The number of halogens is 1. The molecule has 1 aromatic carbocycles. The fourth-order valence-corrected chi connectivity index (χ4v) is 3.61. The highest BCUT2D eigenvalue weighted by Crippen LogP contribution is 2.26. The molecule has 1 fully saturated rings. The maximum absolute atomic E-state index is 13.4. The van der Waals surface area contributed by atoms with Crippen LogP contribution in [0.3, 0.4) is 0 Å². The van der Waals surface area contributed by atoms with Gasteiger partial charge in [-0.1, -0.05) is 13.8 Å². The van der Waals surface area contributed by atoms with Crippen LogP contribution in [0.2, 0.25) is 0 Å². The summed E-state index contributed by atoms with van der Waals surface area (Å²) in [4.78, 5) is 17.1. The molecular weight excluding hydrogens is 321 g/mol. The lowest BCUT2D eigenvalue weighted by atomic mass is 9.87. The Morgan fingerprint density at radius 1 is 1.48 bits per heavy atom. The molecular formula is C19H26FN3O2. The molecule has 2 heterocycles. The highest BCUT2D eigenvalue weighted by atomic mass is 19.1. The molecule has 136 valence electrons. The second kappa shape index (κ2) is 7.52. The van der Waals surface area contributed by atoms with Crippen molar-refractivity contribution in [3.8, 4) is 0 Å². The zero-order chi connectivity index (χ0) is 18.0. The summed E-state index contributed by atoms with van der Waals surface area (Å²) < 4.78 is 21.1. The maximum Gasteiger partial charge on any atom is 0.225 e. The fourth-order valence-electron chi connectivity index (χ4n) is 3.61. The monoisotopic (exact) mass is 347 g/mol. The van der Waals surface area contributed by atoms with E-state index in [1.165, 1.54) is 12.1 Å². The van der Waals surface area contributed by atoms with E-state index in [4.69, 9.17) is 4.74 Å². The fraction of sp³-hybridized carbons (Fsp3) is 0.579. The van der Waals surface area contributed by atoms with Crippen molar-refractivity contribution in [2.45, 2.75) is 39.2 Å². The highest BCUT2D eigenvalue weighted by molar-refractivity contribution is 5.79. The van der Waals surface area contributed by atoms with Gasteiger partial charge in [-0.25, -0.2) is 9.37 Å². The van der Waals surface area contributed by atoms with Gasteiger partial charge in [0.15, 0.2) is 0 Å². The first kappa shape index (κ1) is 17.9. The third-order valence-electron chi connectivity index (χ3n) is 4.94. The average molecular weight is 347 g/mol. The molecule has 0 unspecified atom stereocenters. The first-order valence-electron chi connectivity index (χ1n) is 8.97. The van der Waals surface area contributed by atoms with Gasteiger partial charge in [-0.3, -0.25) is 4.79 Å². The number of nitrogens with zero attached hydrogens (tertiary/aromatic N) is 2. The van der Waals surface area contributed by atoms with E-state index in [0.29, 0.717) is 18.9 Å². The van der Waals surface area contributed by atoms with Crippen LogP contribution < -0.4 is 5.32 Å². The van der Waals surface area contributed by atoms with E-state index < -0.39 is 0 Å². The molecule has 6 heteroatoms. The van der Waals surface area contributed by atoms with E-state index in [1.807, 2.05) is 11.6 Å². The summed E-state index contributed by atoms with van der Waals surface area (Å²) in [6.45, 7) is 5.44. The van der Waals surface area contributed by atoms with Crippen LogP contribution in [0.5, 0.6) is 0 Å². The Morgan fingerprint density at radius 2 is 2.28 bits per heavy atom. The van der Waals surface area contributed by atoms with Crippen LogP contribution in [-0.4, -0.2) is 34.7 Å². The quantitative estimate of drug-likeness (QED) is 0.905. The standard InChI is InChI=1S/C19H26FN3O2/c1-12(2)18-14(5-4-10-25-18)19(24)21-9-8-17-22-15-7-6-13(20)11-16(15)23(17)3/h6-7,11-12,14,18H,4-5,8-10H2,1-3H3,(H,21,24)/t14-,18+/m1/s1. The van der Waals surface area contributed by atoms with Gasteiger partial charge in [-0.05, 0) is 37.0 Å². The van der Waals surface area contributed by atoms with Crippen LogP contribution in [0.1, 0.15) is 32.5 Å². The molecule has 25 heavy (non-hydrogen) atoms. The van der Waals surface area contributed by atoms with Crippen molar-refractivity contribution in [1.82, 2.24) is 14.9 Å². The van der Waals surface area contributed by atoms with Gasteiger partial charge in [-0.2, -0.15) is 0 Å². The second-order valence-corrected chi connectivity index (χ2v) is 7.09. The van der Waals surface area contributed by atoms with Crippen molar-refractivity contribution in [3.63, 3.8) is 0 Å². The van der Waals surface area contributed by atoms with Crippen molar-refractivity contribution in [1.29, 1.82) is 0 Å². The Kier molecular flexibility index (Phi) is 5.37. The molecule has 1 N–H and O–H groups in total. The highest BCUT2D eigenvalue weighted by Gasteiger charge is 2.33. The van der Waals surface area contributed by atoms with Gasteiger partial charge in [-0.15, -0.1) is 0 Å². The van der Waals surface area contributed by atoms with E-state index in [9.17, 15) is 9.18 Å². The lowest BCUT2D eigenvalue weighted by Crippen LogP contribution is -2.44. The zero-order valence-corrected chi connectivity index (χ0v) is 15.1. The minimum atomic E-state index is -0.271. The second-order valence-electron chi connectivity index (χ2n) is 7.09. The van der Waals surface area contributed by atoms with Crippen molar-refractivity contribution in [3.05, 3.63) is 29.8 Å². The van der Waals surface area contributed by atoms with Crippen molar-refractivity contribution in [2.24, 2.45) is 18.9 Å². The van der Waals surface area contributed by atoms with E-state index in [1.54, 1.807) is 6.07 Å². The van der Waals surface area contributed by atoms with Crippen LogP contribution >= 0.6 is 0 Å². The Labute approximate surface area is 147 Å². The molecule has 0 radical (unpaired) electrons. The van der Waals surface area contributed by atoms with Gasteiger partial charge < -0.3 is 14.6 Å². The molecule has 0 aliphatic carbocycles. The van der Waals surface area contributed by atoms with Crippen LogP contribution in [0, 0.1) is 17.7 Å². The number of amides is 1. The maximum atomic E-state index is 13.4. The molecule has 3 rings (SSSR count). The smallest absolute Gasteiger partial charge is 0.225 e. The molecule has 0 saturated carbocycles. The molecule has 1 aromatic heterocycles. The van der Waals surface area contributed by atoms with Crippen LogP contribution in [0.25, 0.3) is 11.0 Å². The molecule has 5 nitrogen and oxygen atoms in total. The zero-order valence-electron chi connectivity index (χ0n) is 15.1. The minimum absolute atomic E-state index is 0.00697. The molecule has 2 aromatic rings. The van der Waals surface area contributed by atoms with E-state index in [0.717, 1.165) is 36.3 Å². The van der Waals surface area contributed by atoms with Crippen molar-refractivity contribution < 1.29 is 13.9 Å². The number of fused-ring (bicyclic) bond motifs is 1. The predicted octanol–water partition coefficient (Wildman–Crippen LogP) is 2.82. The number of aryl methyl sites for hydroxylation is 1. The number of hydrogen-bond acceptors (Lipinski definition) is 3. The Hall–Kier alpha value is -1.95. The Balaban J connectivity index is 1.61. The summed E-state index contributed by atoms with van der Waals surface area (Å²) in [6, 6.07) is 4.58. The Morgan fingerprint density at radius 3 is 3.04 bits per heavy atom. The van der Waals surface area contributed by atoms with Gasteiger partial charge in [0.1, 0.15) is 11.6 Å². The van der Waals surface area contributed by atoms with Gasteiger partial charge in [0.2, 0.25) is 5.91 Å².